The third kappa shape index (κ3) is 4.47. The maximum absolute atomic E-state index is 11.7. The molecule has 0 heterocycles. The van der Waals surface area contributed by atoms with Gasteiger partial charge in [0.05, 0.1) is 13.2 Å². The van der Waals surface area contributed by atoms with Gasteiger partial charge in [-0.15, -0.1) is 0 Å². The van der Waals surface area contributed by atoms with Crippen molar-refractivity contribution in [2.24, 2.45) is 0 Å². The molecule has 0 saturated heterocycles. The first-order valence-electron chi connectivity index (χ1n) is 6.24. The molecule has 1 atom stereocenters. The summed E-state index contributed by atoms with van der Waals surface area (Å²) in [5.41, 5.74) is 1.11. The highest BCUT2D eigenvalue weighted by Gasteiger charge is 2.21. The van der Waals surface area contributed by atoms with Crippen LogP contribution in [0.4, 0.5) is 0 Å². The molecule has 0 fully saturated rings. The quantitative estimate of drug-likeness (QED) is 0.745. The monoisotopic (exact) mass is 251 g/mol. The second kappa shape index (κ2) is 7.84. The number of ether oxygens (including phenoxy) is 1. The maximum atomic E-state index is 11.7. The molecule has 100 valence electrons. The van der Waals surface area contributed by atoms with Crippen molar-refractivity contribution < 1.29 is 14.6 Å². The van der Waals surface area contributed by atoms with Gasteiger partial charge in [-0.05, 0) is 19.4 Å². The normalized spacial score (nSPS) is 12.4. The minimum Gasteiger partial charge on any atom is -0.465 e. The van der Waals surface area contributed by atoms with E-state index in [1.54, 1.807) is 13.8 Å². The Balaban J connectivity index is 2.67. The van der Waals surface area contributed by atoms with E-state index in [1.807, 2.05) is 35.2 Å². The highest BCUT2D eigenvalue weighted by Crippen LogP contribution is 2.09. The summed E-state index contributed by atoms with van der Waals surface area (Å²) in [6, 6.07) is 9.53. The fourth-order valence-electron chi connectivity index (χ4n) is 1.77. The van der Waals surface area contributed by atoms with Gasteiger partial charge in [0.15, 0.2) is 0 Å². The molecule has 0 amide bonds. The summed E-state index contributed by atoms with van der Waals surface area (Å²) in [4.78, 5) is 13.6. The Labute approximate surface area is 108 Å². The van der Waals surface area contributed by atoms with Crippen LogP contribution in [0.5, 0.6) is 0 Å². The van der Waals surface area contributed by atoms with Crippen LogP contribution in [0.25, 0.3) is 0 Å². The summed E-state index contributed by atoms with van der Waals surface area (Å²) in [5.74, 6) is -0.248. The van der Waals surface area contributed by atoms with Crippen LogP contribution >= 0.6 is 0 Å². The first-order valence-corrected chi connectivity index (χ1v) is 6.24. The van der Waals surface area contributed by atoms with Crippen molar-refractivity contribution in [2.45, 2.75) is 26.4 Å². The summed E-state index contributed by atoms with van der Waals surface area (Å²) < 4.78 is 5.01. The molecular weight excluding hydrogens is 230 g/mol. The van der Waals surface area contributed by atoms with Crippen molar-refractivity contribution in [1.82, 2.24) is 4.90 Å². The molecule has 4 heteroatoms. The number of hydrogen-bond donors (Lipinski definition) is 1. The molecule has 0 spiro atoms. The SMILES string of the molecule is CCOC(=O)C(C)N(CCO)Cc1ccccc1. The molecule has 1 unspecified atom stereocenters. The van der Waals surface area contributed by atoms with Crippen LogP contribution in [0.15, 0.2) is 30.3 Å². The number of hydrogen-bond acceptors (Lipinski definition) is 4. The second-order valence-electron chi connectivity index (χ2n) is 4.11. The molecule has 18 heavy (non-hydrogen) atoms. The van der Waals surface area contributed by atoms with Gasteiger partial charge in [0.2, 0.25) is 0 Å². The van der Waals surface area contributed by atoms with Crippen LogP contribution in [-0.4, -0.2) is 41.8 Å². The number of carbonyl (C=O) groups is 1. The fraction of sp³-hybridized carbons (Fsp3) is 0.500. The molecule has 0 saturated carbocycles. The van der Waals surface area contributed by atoms with Crippen LogP contribution in [0, 0.1) is 0 Å². The molecule has 4 nitrogen and oxygen atoms in total. The molecule has 0 aliphatic carbocycles. The summed E-state index contributed by atoms with van der Waals surface area (Å²) >= 11 is 0. The molecule has 1 aromatic carbocycles. The summed E-state index contributed by atoms with van der Waals surface area (Å²) in [6.07, 6.45) is 0. The average Bonchev–Trinajstić information content (AvgIpc) is 2.39. The van der Waals surface area contributed by atoms with E-state index in [4.69, 9.17) is 9.84 Å². The van der Waals surface area contributed by atoms with Gasteiger partial charge in [0, 0.05) is 13.1 Å². The minimum absolute atomic E-state index is 0.0244. The summed E-state index contributed by atoms with van der Waals surface area (Å²) in [5, 5.41) is 9.08. The lowest BCUT2D eigenvalue weighted by atomic mass is 10.2. The largest absolute Gasteiger partial charge is 0.465 e. The van der Waals surface area contributed by atoms with Crippen molar-refractivity contribution in [1.29, 1.82) is 0 Å². The molecule has 1 N–H and O–H groups in total. The number of benzene rings is 1. The third-order valence-corrected chi connectivity index (χ3v) is 2.79. The van der Waals surface area contributed by atoms with Crippen molar-refractivity contribution >= 4 is 5.97 Å². The molecule has 0 aromatic heterocycles. The van der Waals surface area contributed by atoms with Gasteiger partial charge in [-0.25, -0.2) is 0 Å². The molecule has 0 radical (unpaired) electrons. The lowest BCUT2D eigenvalue weighted by Gasteiger charge is -2.26. The van der Waals surface area contributed by atoms with Crippen LogP contribution < -0.4 is 0 Å². The van der Waals surface area contributed by atoms with E-state index in [0.29, 0.717) is 19.7 Å². The Hall–Kier alpha value is -1.39. The zero-order valence-corrected chi connectivity index (χ0v) is 11.0. The van der Waals surface area contributed by atoms with E-state index < -0.39 is 0 Å². The highest BCUT2D eigenvalue weighted by atomic mass is 16.5. The number of esters is 1. The topological polar surface area (TPSA) is 49.8 Å². The molecular formula is C14H21NO3. The van der Waals surface area contributed by atoms with Gasteiger partial charge in [-0.1, -0.05) is 30.3 Å². The van der Waals surface area contributed by atoms with Gasteiger partial charge in [0.1, 0.15) is 6.04 Å². The predicted octanol–water partition coefficient (Wildman–Crippen LogP) is 1.43. The Bertz CT molecular complexity index is 353. The lowest BCUT2D eigenvalue weighted by Crippen LogP contribution is -2.41. The van der Waals surface area contributed by atoms with Crippen molar-refractivity contribution in [2.75, 3.05) is 19.8 Å². The first-order chi connectivity index (χ1) is 8.69. The number of aliphatic hydroxyl groups is 1. The van der Waals surface area contributed by atoms with Gasteiger partial charge < -0.3 is 9.84 Å². The second-order valence-corrected chi connectivity index (χ2v) is 4.11. The van der Waals surface area contributed by atoms with Crippen molar-refractivity contribution in [3.05, 3.63) is 35.9 Å². The Morgan fingerprint density at radius 2 is 2.06 bits per heavy atom. The van der Waals surface area contributed by atoms with Crippen LogP contribution in [-0.2, 0) is 16.1 Å². The van der Waals surface area contributed by atoms with E-state index >= 15 is 0 Å². The standard InChI is InChI=1S/C14H21NO3/c1-3-18-14(17)12(2)15(9-10-16)11-13-7-5-4-6-8-13/h4-8,12,16H,3,9-11H2,1-2H3. The minimum atomic E-state index is -0.350. The van der Waals surface area contributed by atoms with Crippen LogP contribution in [0.1, 0.15) is 19.4 Å². The number of rotatable bonds is 7. The highest BCUT2D eigenvalue weighted by molar-refractivity contribution is 5.75. The Morgan fingerprint density at radius 3 is 2.61 bits per heavy atom. The van der Waals surface area contributed by atoms with E-state index in [0.717, 1.165) is 5.56 Å². The van der Waals surface area contributed by atoms with E-state index in [1.165, 1.54) is 0 Å². The van der Waals surface area contributed by atoms with Crippen LogP contribution in [0.3, 0.4) is 0 Å². The van der Waals surface area contributed by atoms with E-state index in [9.17, 15) is 4.79 Å². The summed E-state index contributed by atoms with van der Waals surface area (Å²) in [7, 11) is 0. The van der Waals surface area contributed by atoms with Gasteiger partial charge in [-0.3, -0.25) is 9.69 Å². The molecule has 1 aromatic rings. The predicted molar refractivity (Wildman–Crippen MR) is 70.0 cm³/mol. The number of aliphatic hydroxyl groups excluding tert-OH is 1. The Morgan fingerprint density at radius 1 is 1.39 bits per heavy atom. The molecule has 1 rings (SSSR count). The zero-order valence-electron chi connectivity index (χ0n) is 11.0. The Kier molecular flexibility index (Phi) is 6.39. The number of nitrogens with zero attached hydrogens (tertiary/aromatic N) is 1. The van der Waals surface area contributed by atoms with Gasteiger partial charge in [0.25, 0.3) is 0 Å². The summed E-state index contributed by atoms with van der Waals surface area (Å²) in [6.45, 7) is 5.07. The molecule has 0 bridgehead atoms. The van der Waals surface area contributed by atoms with Gasteiger partial charge >= 0.3 is 5.97 Å². The smallest absolute Gasteiger partial charge is 0.323 e. The van der Waals surface area contributed by atoms with E-state index in [-0.39, 0.29) is 18.6 Å². The molecule has 0 aliphatic heterocycles. The van der Waals surface area contributed by atoms with E-state index in [2.05, 4.69) is 0 Å². The average molecular weight is 251 g/mol. The van der Waals surface area contributed by atoms with Crippen molar-refractivity contribution in [3.63, 3.8) is 0 Å². The van der Waals surface area contributed by atoms with Crippen LogP contribution in [0.2, 0.25) is 0 Å². The van der Waals surface area contributed by atoms with Crippen molar-refractivity contribution in [3.8, 4) is 0 Å². The zero-order chi connectivity index (χ0) is 13.4. The van der Waals surface area contributed by atoms with Gasteiger partial charge in [-0.2, -0.15) is 0 Å². The first kappa shape index (κ1) is 14.7. The molecule has 0 aliphatic rings. The number of carbonyl (C=O) groups excluding carboxylic acids is 1. The third-order valence-electron chi connectivity index (χ3n) is 2.79. The lowest BCUT2D eigenvalue weighted by molar-refractivity contribution is -0.149. The fourth-order valence-corrected chi connectivity index (χ4v) is 1.77. The maximum Gasteiger partial charge on any atom is 0.323 e.